The van der Waals surface area contributed by atoms with Crippen molar-refractivity contribution in [1.29, 1.82) is 5.26 Å². The van der Waals surface area contributed by atoms with E-state index in [0.29, 0.717) is 23.7 Å². The van der Waals surface area contributed by atoms with Crippen LogP contribution in [0.3, 0.4) is 0 Å². The van der Waals surface area contributed by atoms with Crippen LogP contribution >= 0.6 is 0 Å². The molecule has 0 saturated carbocycles. The number of amides is 1. The van der Waals surface area contributed by atoms with Crippen LogP contribution in [0, 0.1) is 11.3 Å². The summed E-state index contributed by atoms with van der Waals surface area (Å²) < 4.78 is 5.87. The first-order valence-electron chi connectivity index (χ1n) is 14.3. The molecule has 2 unspecified atom stereocenters. The number of ether oxygens (including phenoxy) is 1. The van der Waals surface area contributed by atoms with Crippen molar-refractivity contribution in [2.75, 3.05) is 26.0 Å². The number of hydrogen-bond donors (Lipinski definition) is 2. The molecule has 6 heteroatoms. The van der Waals surface area contributed by atoms with Crippen molar-refractivity contribution < 1.29 is 11.0 Å². The van der Waals surface area contributed by atoms with Gasteiger partial charge in [-0.3, -0.25) is 4.79 Å². The molecule has 4 rings (SSSR count). The Morgan fingerprint density at radius 2 is 1.73 bits per heavy atom. The van der Waals surface area contributed by atoms with Crippen molar-refractivity contribution in [2.45, 2.75) is 72.6 Å². The number of nitriles is 1. The minimum absolute atomic E-state index is 0. The van der Waals surface area contributed by atoms with Gasteiger partial charge in [-0.05, 0) is 98.7 Å². The van der Waals surface area contributed by atoms with Gasteiger partial charge in [0.05, 0.1) is 23.5 Å². The summed E-state index contributed by atoms with van der Waals surface area (Å²) in [6.07, 6.45) is 6.61. The second kappa shape index (κ2) is 14.0. The molecule has 0 aliphatic carbocycles. The lowest BCUT2D eigenvalue weighted by molar-refractivity contribution is -0.0337. The molecule has 2 aliphatic heterocycles. The van der Waals surface area contributed by atoms with Gasteiger partial charge in [0.25, 0.3) is 5.91 Å². The summed E-state index contributed by atoms with van der Waals surface area (Å²) in [6.45, 7) is 13.1. The molecule has 1 fully saturated rings. The quantitative estimate of drug-likeness (QED) is 0.402. The minimum Gasteiger partial charge on any atom is -0.381 e. The Hall–Kier alpha value is -3.82. The SMILES string of the molecule is CC.CC1=C(/C=C(\C)c2ccc(C(=O)N(C)C)cc2)NCC=C1c1ccc(NC2CC(C)OC(C)C2)c(C#N)c1.[HH]. The largest absolute Gasteiger partial charge is 0.381 e. The van der Waals surface area contributed by atoms with Gasteiger partial charge in [0.15, 0.2) is 0 Å². The van der Waals surface area contributed by atoms with Crippen molar-refractivity contribution in [3.63, 3.8) is 0 Å². The Balaban J connectivity index is 0.00000192. The van der Waals surface area contributed by atoms with E-state index in [2.05, 4.69) is 62.6 Å². The smallest absolute Gasteiger partial charge is 0.253 e. The van der Waals surface area contributed by atoms with Gasteiger partial charge in [-0.25, -0.2) is 0 Å². The van der Waals surface area contributed by atoms with Crippen LogP contribution < -0.4 is 10.6 Å². The van der Waals surface area contributed by atoms with Crippen LogP contribution in [0.25, 0.3) is 11.1 Å². The first kappa shape index (κ1) is 30.7. The van der Waals surface area contributed by atoms with Gasteiger partial charge in [0.2, 0.25) is 0 Å². The highest BCUT2D eigenvalue weighted by Crippen LogP contribution is 2.32. The lowest BCUT2D eigenvalue weighted by Gasteiger charge is -2.33. The maximum absolute atomic E-state index is 12.2. The molecule has 2 atom stereocenters. The molecule has 1 saturated heterocycles. The number of nitrogens with zero attached hydrogens (tertiary/aromatic N) is 2. The molecule has 2 aromatic carbocycles. The number of anilines is 1. The maximum atomic E-state index is 12.2. The zero-order valence-electron chi connectivity index (χ0n) is 25.3. The summed E-state index contributed by atoms with van der Waals surface area (Å²) in [6, 6.07) is 16.5. The molecule has 0 aromatic heterocycles. The highest BCUT2D eigenvalue weighted by atomic mass is 16.5. The molecule has 40 heavy (non-hydrogen) atoms. The summed E-state index contributed by atoms with van der Waals surface area (Å²) >= 11 is 0. The van der Waals surface area contributed by atoms with E-state index in [1.807, 2.05) is 50.2 Å². The van der Waals surface area contributed by atoms with E-state index in [1.54, 1.807) is 19.0 Å². The van der Waals surface area contributed by atoms with E-state index in [0.717, 1.165) is 52.1 Å². The van der Waals surface area contributed by atoms with Gasteiger partial charge >= 0.3 is 0 Å². The molecule has 2 aromatic rings. The number of carbonyl (C=O) groups excluding carboxylic acids is 1. The fraction of sp³-hybridized carbons (Fsp3) is 0.412. The van der Waals surface area contributed by atoms with Crippen LogP contribution in [0.2, 0.25) is 0 Å². The number of rotatable bonds is 6. The third-order valence-corrected chi connectivity index (χ3v) is 7.27. The predicted molar refractivity (Wildman–Crippen MR) is 168 cm³/mol. The third-order valence-electron chi connectivity index (χ3n) is 7.27. The molecule has 1 amide bonds. The first-order valence-corrected chi connectivity index (χ1v) is 14.3. The van der Waals surface area contributed by atoms with Crippen molar-refractivity contribution >= 4 is 22.7 Å². The number of benzene rings is 2. The van der Waals surface area contributed by atoms with Crippen LogP contribution in [-0.4, -0.2) is 49.7 Å². The lowest BCUT2D eigenvalue weighted by atomic mass is 9.92. The number of hydrogen-bond acceptors (Lipinski definition) is 5. The number of carbonyl (C=O) groups is 1. The highest BCUT2D eigenvalue weighted by Gasteiger charge is 2.25. The molecule has 214 valence electrons. The zero-order valence-corrected chi connectivity index (χ0v) is 25.3. The van der Waals surface area contributed by atoms with Crippen molar-refractivity contribution in [1.82, 2.24) is 10.2 Å². The van der Waals surface area contributed by atoms with Gasteiger partial charge in [0, 0.05) is 39.4 Å². The second-order valence-electron chi connectivity index (χ2n) is 10.6. The average molecular weight is 543 g/mol. The summed E-state index contributed by atoms with van der Waals surface area (Å²) in [7, 11) is 3.51. The average Bonchev–Trinajstić information content (AvgIpc) is 2.94. The van der Waals surface area contributed by atoms with Gasteiger partial charge in [-0.2, -0.15) is 5.26 Å². The fourth-order valence-electron chi connectivity index (χ4n) is 5.29. The van der Waals surface area contributed by atoms with Gasteiger partial charge in [-0.1, -0.05) is 38.1 Å². The molecule has 0 spiro atoms. The van der Waals surface area contributed by atoms with Gasteiger partial charge in [-0.15, -0.1) is 0 Å². The Bertz CT molecular complexity index is 1330. The Morgan fingerprint density at radius 1 is 1.10 bits per heavy atom. The molecule has 6 nitrogen and oxygen atoms in total. The predicted octanol–water partition coefficient (Wildman–Crippen LogP) is 7.26. The third kappa shape index (κ3) is 7.43. The van der Waals surface area contributed by atoms with Gasteiger partial charge in [0.1, 0.15) is 6.07 Å². The van der Waals surface area contributed by atoms with Crippen molar-refractivity contribution in [3.8, 4) is 6.07 Å². The minimum atomic E-state index is -0.00436. The first-order chi connectivity index (χ1) is 19.2. The summed E-state index contributed by atoms with van der Waals surface area (Å²) in [5.41, 5.74) is 8.74. The Labute approximate surface area is 241 Å². The standard InChI is InChI=1S/C32H38N4O2.C2H6.H2/c1-20(24-7-9-25(10-8-24)32(37)36(5)6)15-31-23(4)29(13-14-34-31)26-11-12-30(27(18-26)19-33)35-28-16-21(2)38-22(3)17-28;1-2;/h7-13,15,18,21-22,28,34-35H,14,16-17H2,1-6H3;1-2H3;1H/b20-15+;;. The van der Waals surface area contributed by atoms with Crippen molar-refractivity contribution in [2.24, 2.45) is 0 Å². The molecular formula is C34H46N4O2. The number of allylic oxidation sites excluding steroid dienone is 4. The van der Waals surface area contributed by atoms with E-state index in [1.165, 1.54) is 0 Å². The molecule has 0 radical (unpaired) electrons. The van der Waals surface area contributed by atoms with E-state index >= 15 is 0 Å². The summed E-state index contributed by atoms with van der Waals surface area (Å²) in [5.74, 6) is -0.00436. The Morgan fingerprint density at radius 3 is 2.33 bits per heavy atom. The molecule has 2 aliphatic rings. The monoisotopic (exact) mass is 542 g/mol. The van der Waals surface area contributed by atoms with Crippen LogP contribution in [0.4, 0.5) is 5.69 Å². The van der Waals surface area contributed by atoms with Gasteiger partial charge < -0.3 is 20.3 Å². The second-order valence-corrected chi connectivity index (χ2v) is 10.6. The molecule has 0 bridgehead atoms. The normalized spacial score (nSPS) is 20.8. The maximum Gasteiger partial charge on any atom is 0.253 e. The fourth-order valence-corrected chi connectivity index (χ4v) is 5.29. The zero-order chi connectivity index (χ0) is 29.4. The summed E-state index contributed by atoms with van der Waals surface area (Å²) in [5, 5.41) is 17.0. The molecule has 2 N–H and O–H groups in total. The van der Waals surface area contributed by atoms with E-state index in [4.69, 9.17) is 4.74 Å². The number of dihydropyridines is 1. The summed E-state index contributed by atoms with van der Waals surface area (Å²) in [4.78, 5) is 13.8. The van der Waals surface area contributed by atoms with Crippen LogP contribution in [0.1, 0.15) is 82.9 Å². The Kier molecular flexibility index (Phi) is 10.8. The van der Waals surface area contributed by atoms with Crippen LogP contribution in [-0.2, 0) is 4.74 Å². The number of nitrogens with one attached hydrogen (secondary N) is 2. The van der Waals surface area contributed by atoms with Crippen LogP contribution in [0.15, 0.2) is 65.9 Å². The van der Waals surface area contributed by atoms with E-state index in [9.17, 15) is 10.1 Å². The van der Waals surface area contributed by atoms with Crippen LogP contribution in [0.5, 0.6) is 0 Å². The lowest BCUT2D eigenvalue weighted by Crippen LogP contribution is -2.37. The van der Waals surface area contributed by atoms with Crippen molar-refractivity contribution in [3.05, 3.63) is 88.1 Å². The van der Waals surface area contributed by atoms with E-state index < -0.39 is 0 Å². The molecular weight excluding hydrogens is 496 g/mol. The van der Waals surface area contributed by atoms with E-state index in [-0.39, 0.29) is 19.5 Å². The topological polar surface area (TPSA) is 77.4 Å². The molecule has 2 heterocycles. The highest BCUT2D eigenvalue weighted by molar-refractivity contribution is 5.94.